The lowest BCUT2D eigenvalue weighted by molar-refractivity contribution is -0.120. The van der Waals surface area contributed by atoms with Crippen LogP contribution in [-0.4, -0.2) is 54.5 Å². The molecule has 42 heavy (non-hydrogen) atoms. The topological polar surface area (TPSA) is 94.7 Å². The van der Waals surface area contributed by atoms with Gasteiger partial charge in [-0.2, -0.15) is 0 Å². The number of morpholine rings is 1. The van der Waals surface area contributed by atoms with Crippen LogP contribution in [0, 0.1) is 20.8 Å². The summed E-state index contributed by atoms with van der Waals surface area (Å²) in [6.45, 7) is 16.7. The Labute approximate surface area is 248 Å². The Morgan fingerprint density at radius 1 is 1.05 bits per heavy atom. The van der Waals surface area contributed by atoms with E-state index in [1.807, 2.05) is 44.7 Å². The van der Waals surface area contributed by atoms with Crippen LogP contribution in [0.1, 0.15) is 71.1 Å². The van der Waals surface area contributed by atoms with Gasteiger partial charge in [0, 0.05) is 61.4 Å². The number of hydrogen-bond donors (Lipinski definition) is 2. The molecule has 2 N–H and O–H groups in total. The van der Waals surface area contributed by atoms with Crippen molar-refractivity contribution in [1.29, 1.82) is 0 Å². The lowest BCUT2D eigenvalue weighted by atomic mass is 9.72. The lowest BCUT2D eigenvalue weighted by Gasteiger charge is -2.41. The third-order valence-electron chi connectivity index (χ3n) is 8.65. The smallest absolute Gasteiger partial charge is 0.253 e. The first-order valence-electron chi connectivity index (χ1n) is 14.9. The molecule has 0 unspecified atom stereocenters. The molecule has 3 aromatic rings. The van der Waals surface area contributed by atoms with E-state index in [0.717, 1.165) is 72.0 Å². The predicted molar refractivity (Wildman–Crippen MR) is 166 cm³/mol. The maximum atomic E-state index is 13.8. The van der Waals surface area contributed by atoms with Crippen molar-refractivity contribution in [3.63, 3.8) is 0 Å². The van der Waals surface area contributed by atoms with Crippen LogP contribution in [0.2, 0.25) is 0 Å². The summed E-state index contributed by atoms with van der Waals surface area (Å²) in [5.74, 6) is -0.212. The highest BCUT2D eigenvalue weighted by atomic mass is 16.5. The highest BCUT2D eigenvalue weighted by Crippen LogP contribution is 2.48. The van der Waals surface area contributed by atoms with E-state index in [-0.39, 0.29) is 23.9 Å². The van der Waals surface area contributed by atoms with Crippen LogP contribution in [0.3, 0.4) is 0 Å². The van der Waals surface area contributed by atoms with Gasteiger partial charge in [0.05, 0.1) is 18.9 Å². The zero-order chi connectivity index (χ0) is 30.2. The minimum Gasteiger partial charge on any atom is -0.379 e. The normalized spacial score (nSPS) is 16.8. The molecule has 1 aromatic heterocycles. The molecule has 0 radical (unpaired) electrons. The van der Waals surface area contributed by atoms with Crippen LogP contribution in [0.15, 0.2) is 41.2 Å². The van der Waals surface area contributed by atoms with Crippen LogP contribution >= 0.6 is 0 Å². The van der Waals surface area contributed by atoms with Gasteiger partial charge in [0.25, 0.3) is 11.5 Å². The molecule has 0 atom stereocenters. The van der Waals surface area contributed by atoms with Crippen LogP contribution < -0.4 is 15.8 Å². The second kappa shape index (κ2) is 11.9. The first-order valence-corrected chi connectivity index (χ1v) is 14.9. The van der Waals surface area contributed by atoms with Crippen molar-refractivity contribution >= 4 is 17.5 Å². The van der Waals surface area contributed by atoms with Crippen molar-refractivity contribution in [3.05, 3.63) is 85.8 Å². The summed E-state index contributed by atoms with van der Waals surface area (Å²) < 4.78 is 5.49. The fourth-order valence-corrected chi connectivity index (χ4v) is 6.45. The highest BCUT2D eigenvalue weighted by molar-refractivity contribution is 6.05. The number of rotatable bonds is 7. The molecule has 2 aliphatic heterocycles. The molecule has 0 saturated carbocycles. The molecule has 8 heteroatoms. The summed E-state index contributed by atoms with van der Waals surface area (Å²) in [5.41, 5.74) is 7.92. The number of benzene rings is 2. The molecule has 0 aliphatic carbocycles. The largest absolute Gasteiger partial charge is 0.379 e. The SMILES string of the molecule is CCN1C(=O)CC(C)(C)c2c(-c3ccc(CN4CCOCC4)cc3)cc(C(=O)NCc3c(C)cc(C)[nH]c3=O)c(C)c21. The quantitative estimate of drug-likeness (QED) is 0.427. The van der Waals surface area contributed by atoms with E-state index in [1.165, 1.54) is 5.56 Å². The Kier molecular flexibility index (Phi) is 8.39. The second-order valence-corrected chi connectivity index (χ2v) is 12.2. The Balaban J connectivity index is 1.56. The van der Waals surface area contributed by atoms with Crippen LogP contribution in [0.4, 0.5) is 5.69 Å². The third-order valence-corrected chi connectivity index (χ3v) is 8.65. The zero-order valence-electron chi connectivity index (χ0n) is 25.6. The molecule has 5 rings (SSSR count). The Morgan fingerprint density at radius 2 is 1.74 bits per heavy atom. The number of carbonyl (C=O) groups is 2. The zero-order valence-corrected chi connectivity index (χ0v) is 25.6. The molecular weight excluding hydrogens is 528 g/mol. The van der Waals surface area contributed by atoms with E-state index in [0.29, 0.717) is 24.1 Å². The second-order valence-electron chi connectivity index (χ2n) is 12.2. The molecule has 222 valence electrons. The Morgan fingerprint density at radius 3 is 2.38 bits per heavy atom. The van der Waals surface area contributed by atoms with Gasteiger partial charge in [-0.3, -0.25) is 19.3 Å². The molecule has 1 saturated heterocycles. The van der Waals surface area contributed by atoms with Gasteiger partial charge < -0.3 is 19.9 Å². The van der Waals surface area contributed by atoms with Crippen LogP contribution in [0.5, 0.6) is 0 Å². The highest BCUT2D eigenvalue weighted by Gasteiger charge is 2.40. The monoisotopic (exact) mass is 570 g/mol. The van der Waals surface area contributed by atoms with Crippen molar-refractivity contribution in [2.75, 3.05) is 37.7 Å². The number of aromatic amines is 1. The van der Waals surface area contributed by atoms with Gasteiger partial charge in [0.1, 0.15) is 0 Å². The summed E-state index contributed by atoms with van der Waals surface area (Å²) in [7, 11) is 0. The number of amides is 2. The van der Waals surface area contributed by atoms with Crippen molar-refractivity contribution in [3.8, 4) is 11.1 Å². The van der Waals surface area contributed by atoms with Crippen molar-refractivity contribution in [2.24, 2.45) is 0 Å². The van der Waals surface area contributed by atoms with E-state index in [9.17, 15) is 14.4 Å². The number of H-pyrrole nitrogens is 1. The van der Waals surface area contributed by atoms with Gasteiger partial charge in [-0.1, -0.05) is 38.1 Å². The Bertz CT molecular complexity index is 1570. The average Bonchev–Trinajstić information content (AvgIpc) is 2.93. The van der Waals surface area contributed by atoms with Gasteiger partial charge in [0.2, 0.25) is 5.91 Å². The number of fused-ring (bicyclic) bond motifs is 1. The van der Waals surface area contributed by atoms with E-state index in [2.05, 4.69) is 53.3 Å². The predicted octanol–water partition coefficient (Wildman–Crippen LogP) is 4.76. The number of aryl methyl sites for hydroxylation is 2. The number of hydrogen-bond acceptors (Lipinski definition) is 5. The van der Waals surface area contributed by atoms with Crippen LogP contribution in [0.25, 0.3) is 11.1 Å². The first-order chi connectivity index (χ1) is 20.0. The number of aromatic nitrogens is 1. The molecule has 0 bridgehead atoms. The molecule has 8 nitrogen and oxygen atoms in total. The minimum absolute atomic E-state index is 0.0595. The maximum Gasteiger partial charge on any atom is 0.253 e. The standard InChI is InChI=1S/C34H42N4O4/c1-7-38-29(39)18-34(5,6)30-27(25-10-8-24(9-11-25)20-37-12-14-42-15-13-37)17-26(23(4)31(30)38)32(40)35-19-28-21(2)16-22(3)36-33(28)41/h8-11,16-17H,7,12-15,18-20H2,1-6H3,(H,35,40)(H,36,41). The minimum atomic E-state index is -0.411. The number of nitrogens with zero attached hydrogens (tertiary/aromatic N) is 2. The van der Waals surface area contributed by atoms with Gasteiger partial charge in [-0.15, -0.1) is 0 Å². The number of nitrogens with one attached hydrogen (secondary N) is 2. The van der Waals surface area contributed by atoms with E-state index in [4.69, 9.17) is 4.74 Å². The van der Waals surface area contributed by atoms with E-state index in [1.54, 1.807) is 0 Å². The van der Waals surface area contributed by atoms with Crippen LogP contribution in [-0.2, 0) is 28.0 Å². The summed E-state index contributed by atoms with van der Waals surface area (Å²) in [5, 5.41) is 2.98. The fraction of sp³-hybridized carbons (Fsp3) is 0.441. The average molecular weight is 571 g/mol. The summed E-state index contributed by atoms with van der Waals surface area (Å²) >= 11 is 0. The van der Waals surface area contributed by atoms with Gasteiger partial charge in [0.15, 0.2) is 0 Å². The third kappa shape index (κ3) is 5.78. The molecule has 1 fully saturated rings. The number of ether oxygens (including phenoxy) is 1. The summed E-state index contributed by atoms with van der Waals surface area (Å²) in [6, 6.07) is 12.4. The maximum absolute atomic E-state index is 13.8. The lowest BCUT2D eigenvalue weighted by Crippen LogP contribution is -2.43. The van der Waals surface area contributed by atoms with Crippen molar-refractivity contribution in [1.82, 2.24) is 15.2 Å². The number of anilines is 1. The summed E-state index contributed by atoms with van der Waals surface area (Å²) in [6.07, 6.45) is 0.399. The first kappa shape index (κ1) is 29.7. The molecule has 2 aliphatic rings. The van der Waals surface area contributed by atoms with Gasteiger partial charge in [-0.05, 0) is 73.2 Å². The molecule has 0 spiro atoms. The molecular formula is C34H42N4O4. The van der Waals surface area contributed by atoms with E-state index >= 15 is 0 Å². The Hall–Kier alpha value is -3.75. The molecule has 3 heterocycles. The van der Waals surface area contributed by atoms with Crippen molar-refractivity contribution in [2.45, 2.75) is 66.5 Å². The van der Waals surface area contributed by atoms with Crippen molar-refractivity contribution < 1.29 is 14.3 Å². The fourth-order valence-electron chi connectivity index (χ4n) is 6.45. The summed E-state index contributed by atoms with van der Waals surface area (Å²) in [4.78, 5) is 46.7. The number of pyridine rings is 1. The number of carbonyl (C=O) groups excluding carboxylic acids is 2. The van der Waals surface area contributed by atoms with Gasteiger partial charge in [-0.25, -0.2) is 0 Å². The van der Waals surface area contributed by atoms with Gasteiger partial charge >= 0.3 is 0 Å². The molecule has 2 aromatic carbocycles. The molecule has 2 amide bonds. The van der Waals surface area contributed by atoms with E-state index < -0.39 is 5.41 Å².